The van der Waals surface area contributed by atoms with E-state index >= 15 is 0 Å². The lowest BCUT2D eigenvalue weighted by Gasteiger charge is -2.38. The minimum Gasteiger partial charge on any atom is -0.380 e. The third-order valence-corrected chi connectivity index (χ3v) is 2.87. The molecule has 0 radical (unpaired) electrons. The molecule has 1 rings (SSSR count). The smallest absolute Gasteiger partial charge is 0.0753 e. The van der Waals surface area contributed by atoms with Crippen LogP contribution >= 0.6 is 0 Å². The van der Waals surface area contributed by atoms with Crippen molar-refractivity contribution in [3.05, 3.63) is 0 Å². The summed E-state index contributed by atoms with van der Waals surface area (Å²) in [6.45, 7) is 8.75. The Morgan fingerprint density at radius 2 is 2.27 bits per heavy atom. The van der Waals surface area contributed by atoms with Crippen LogP contribution in [0.1, 0.15) is 20.3 Å². The lowest BCUT2D eigenvalue weighted by atomic mass is 10.1. The van der Waals surface area contributed by atoms with Crippen LogP contribution in [0.5, 0.6) is 0 Å². The molecule has 15 heavy (non-hydrogen) atoms. The van der Waals surface area contributed by atoms with Gasteiger partial charge in [0.15, 0.2) is 0 Å². The molecule has 4 heteroatoms. The quantitative estimate of drug-likeness (QED) is 0.725. The van der Waals surface area contributed by atoms with Crippen molar-refractivity contribution in [1.29, 1.82) is 0 Å². The number of nitrogens with two attached hydrogens (primary N) is 1. The maximum absolute atomic E-state index is 5.66. The van der Waals surface area contributed by atoms with Gasteiger partial charge >= 0.3 is 0 Å². The fraction of sp³-hybridized carbons (Fsp3) is 1.00. The molecule has 4 nitrogen and oxygen atoms in total. The van der Waals surface area contributed by atoms with Gasteiger partial charge in [-0.1, -0.05) is 0 Å². The van der Waals surface area contributed by atoms with E-state index < -0.39 is 0 Å². The zero-order chi connectivity index (χ0) is 11.3. The normalized spacial score (nSPS) is 24.0. The first kappa shape index (κ1) is 12.9. The summed E-state index contributed by atoms with van der Waals surface area (Å²) in [6, 6.07) is 0. The van der Waals surface area contributed by atoms with Gasteiger partial charge in [0.2, 0.25) is 0 Å². The molecule has 0 aromatic heterocycles. The Kier molecular flexibility index (Phi) is 4.99. The first-order valence-corrected chi connectivity index (χ1v) is 5.66. The summed E-state index contributed by atoms with van der Waals surface area (Å²) in [5.74, 6) is 0. The van der Waals surface area contributed by atoms with Gasteiger partial charge < -0.3 is 15.2 Å². The number of rotatable bonds is 5. The fourth-order valence-electron chi connectivity index (χ4n) is 1.96. The molecule has 1 heterocycles. The van der Waals surface area contributed by atoms with E-state index in [0.717, 1.165) is 32.7 Å². The second kappa shape index (κ2) is 5.80. The van der Waals surface area contributed by atoms with E-state index in [9.17, 15) is 0 Å². The molecule has 0 aliphatic carbocycles. The molecule has 1 saturated heterocycles. The van der Waals surface area contributed by atoms with Crippen LogP contribution in [0.3, 0.4) is 0 Å². The van der Waals surface area contributed by atoms with Gasteiger partial charge in [0.25, 0.3) is 0 Å². The molecule has 1 atom stereocenters. The van der Waals surface area contributed by atoms with Crippen molar-refractivity contribution in [3.63, 3.8) is 0 Å². The number of morpholine rings is 1. The van der Waals surface area contributed by atoms with E-state index in [0.29, 0.717) is 6.54 Å². The van der Waals surface area contributed by atoms with E-state index in [1.807, 2.05) is 0 Å². The van der Waals surface area contributed by atoms with Gasteiger partial charge in [-0.15, -0.1) is 0 Å². The maximum Gasteiger partial charge on any atom is 0.0753 e. The van der Waals surface area contributed by atoms with E-state index in [4.69, 9.17) is 15.2 Å². The van der Waals surface area contributed by atoms with Crippen LogP contribution in [-0.2, 0) is 9.47 Å². The fourth-order valence-corrected chi connectivity index (χ4v) is 1.96. The molecule has 0 amide bonds. The largest absolute Gasteiger partial charge is 0.380 e. The molecule has 0 aromatic rings. The summed E-state index contributed by atoms with van der Waals surface area (Å²) in [7, 11) is 1.72. The average Bonchev–Trinajstić information content (AvgIpc) is 2.18. The van der Waals surface area contributed by atoms with Crippen molar-refractivity contribution < 1.29 is 9.47 Å². The lowest BCUT2D eigenvalue weighted by molar-refractivity contribution is -0.0881. The predicted octanol–water partition coefficient (Wildman–Crippen LogP) is 0.461. The molecule has 0 aromatic carbocycles. The molecule has 1 fully saturated rings. The number of nitrogens with zero attached hydrogens (tertiary/aromatic N) is 1. The Hall–Kier alpha value is -0.160. The second-order valence-corrected chi connectivity index (χ2v) is 4.77. The number of ether oxygens (including phenoxy) is 2. The summed E-state index contributed by atoms with van der Waals surface area (Å²) >= 11 is 0. The van der Waals surface area contributed by atoms with Crippen LogP contribution in [0.2, 0.25) is 0 Å². The van der Waals surface area contributed by atoms with Crippen LogP contribution in [-0.4, -0.2) is 56.5 Å². The van der Waals surface area contributed by atoms with Crippen LogP contribution in [0.4, 0.5) is 0 Å². The molecule has 0 saturated carbocycles. The third-order valence-electron chi connectivity index (χ3n) is 2.87. The average molecular weight is 216 g/mol. The SMILES string of the molecule is COC(CN)CCN1CCOC(C)(C)C1. The van der Waals surface area contributed by atoms with Crippen molar-refractivity contribution in [2.75, 3.05) is 39.9 Å². The monoisotopic (exact) mass is 216 g/mol. The van der Waals surface area contributed by atoms with Gasteiger partial charge in [-0.3, -0.25) is 4.90 Å². The zero-order valence-corrected chi connectivity index (χ0v) is 10.2. The van der Waals surface area contributed by atoms with Crippen LogP contribution < -0.4 is 5.73 Å². The van der Waals surface area contributed by atoms with Crippen molar-refractivity contribution in [1.82, 2.24) is 4.90 Å². The maximum atomic E-state index is 5.66. The standard InChI is InChI=1S/C11H24N2O2/c1-11(2)9-13(6-7-15-11)5-4-10(8-12)14-3/h10H,4-9,12H2,1-3H3. The molecule has 2 N–H and O–H groups in total. The summed E-state index contributed by atoms with van der Waals surface area (Å²) in [5, 5.41) is 0. The Morgan fingerprint density at radius 1 is 1.53 bits per heavy atom. The molecule has 1 unspecified atom stereocenters. The van der Waals surface area contributed by atoms with E-state index in [1.54, 1.807) is 7.11 Å². The molecule has 90 valence electrons. The molecule has 0 spiro atoms. The van der Waals surface area contributed by atoms with Gasteiger partial charge in [-0.25, -0.2) is 0 Å². The highest BCUT2D eigenvalue weighted by molar-refractivity contribution is 4.79. The molecular formula is C11H24N2O2. The van der Waals surface area contributed by atoms with Crippen LogP contribution in [0.25, 0.3) is 0 Å². The van der Waals surface area contributed by atoms with Gasteiger partial charge in [0.1, 0.15) is 0 Å². The Balaban J connectivity index is 2.26. The Labute approximate surface area is 92.7 Å². The predicted molar refractivity (Wildman–Crippen MR) is 60.9 cm³/mol. The Bertz CT molecular complexity index is 181. The van der Waals surface area contributed by atoms with Crippen molar-refractivity contribution in [2.45, 2.75) is 32.0 Å². The number of hydrogen-bond donors (Lipinski definition) is 1. The summed E-state index contributed by atoms with van der Waals surface area (Å²) in [6.07, 6.45) is 1.19. The second-order valence-electron chi connectivity index (χ2n) is 4.77. The van der Waals surface area contributed by atoms with Crippen LogP contribution in [0, 0.1) is 0 Å². The molecule has 1 aliphatic heterocycles. The summed E-state index contributed by atoms with van der Waals surface area (Å²) in [5.41, 5.74) is 5.57. The Morgan fingerprint density at radius 3 is 2.80 bits per heavy atom. The van der Waals surface area contributed by atoms with Crippen molar-refractivity contribution >= 4 is 0 Å². The molecule has 0 bridgehead atoms. The third kappa shape index (κ3) is 4.47. The minimum atomic E-state index is -0.0104. The molecule has 1 aliphatic rings. The number of methoxy groups -OCH3 is 1. The molecular weight excluding hydrogens is 192 g/mol. The zero-order valence-electron chi connectivity index (χ0n) is 10.2. The van der Waals surface area contributed by atoms with Crippen LogP contribution in [0.15, 0.2) is 0 Å². The summed E-state index contributed by atoms with van der Waals surface area (Å²) in [4.78, 5) is 2.42. The lowest BCUT2D eigenvalue weighted by Crippen LogP contribution is -2.49. The van der Waals surface area contributed by atoms with Crippen molar-refractivity contribution in [2.24, 2.45) is 5.73 Å². The van der Waals surface area contributed by atoms with E-state index in [2.05, 4.69) is 18.7 Å². The topological polar surface area (TPSA) is 47.7 Å². The van der Waals surface area contributed by atoms with Gasteiger partial charge in [0.05, 0.1) is 18.3 Å². The first-order chi connectivity index (χ1) is 7.07. The number of hydrogen-bond acceptors (Lipinski definition) is 4. The summed E-state index contributed by atoms with van der Waals surface area (Å²) < 4.78 is 10.9. The van der Waals surface area contributed by atoms with Gasteiger partial charge in [-0.05, 0) is 20.3 Å². The van der Waals surface area contributed by atoms with Gasteiger partial charge in [-0.2, -0.15) is 0 Å². The minimum absolute atomic E-state index is 0.0104. The highest BCUT2D eigenvalue weighted by atomic mass is 16.5. The van der Waals surface area contributed by atoms with Gasteiger partial charge in [0, 0.05) is 33.3 Å². The van der Waals surface area contributed by atoms with E-state index in [-0.39, 0.29) is 11.7 Å². The van der Waals surface area contributed by atoms with Crippen molar-refractivity contribution in [3.8, 4) is 0 Å². The van der Waals surface area contributed by atoms with E-state index in [1.165, 1.54) is 0 Å². The first-order valence-electron chi connectivity index (χ1n) is 5.66. The highest BCUT2D eigenvalue weighted by Gasteiger charge is 2.27. The highest BCUT2D eigenvalue weighted by Crippen LogP contribution is 2.16.